The Labute approximate surface area is 97.8 Å². The Morgan fingerprint density at radius 3 is 2.65 bits per heavy atom. The molecule has 2 aromatic rings. The summed E-state index contributed by atoms with van der Waals surface area (Å²) in [5.74, 6) is -0.185. The van der Waals surface area contributed by atoms with Crippen LogP contribution >= 0.6 is 0 Å². The number of para-hydroxylation sites is 1. The van der Waals surface area contributed by atoms with Crippen LogP contribution in [-0.4, -0.2) is 24.3 Å². The van der Waals surface area contributed by atoms with Gasteiger partial charge in [-0.1, -0.05) is 18.2 Å². The highest BCUT2D eigenvalue weighted by atomic mass is 16.5. The van der Waals surface area contributed by atoms with E-state index >= 15 is 0 Å². The molecule has 1 aliphatic heterocycles. The highest BCUT2D eigenvalue weighted by Crippen LogP contribution is 2.40. The molecule has 1 N–H and O–H groups in total. The van der Waals surface area contributed by atoms with E-state index in [1.165, 1.54) is 0 Å². The van der Waals surface area contributed by atoms with E-state index in [2.05, 4.69) is 0 Å². The number of furan rings is 1. The minimum absolute atomic E-state index is 0.215. The van der Waals surface area contributed by atoms with Crippen LogP contribution < -0.4 is 0 Å². The van der Waals surface area contributed by atoms with Crippen LogP contribution in [-0.2, 0) is 14.9 Å². The Morgan fingerprint density at radius 2 is 2.06 bits per heavy atom. The number of aryl methyl sites for hydroxylation is 1. The molecule has 0 bridgehead atoms. The van der Waals surface area contributed by atoms with Crippen LogP contribution in [0.2, 0.25) is 0 Å². The zero-order valence-electron chi connectivity index (χ0n) is 9.40. The fourth-order valence-corrected chi connectivity index (χ4v) is 2.44. The van der Waals surface area contributed by atoms with Crippen molar-refractivity contribution in [2.24, 2.45) is 0 Å². The molecule has 1 aromatic carbocycles. The van der Waals surface area contributed by atoms with Crippen molar-refractivity contribution < 1.29 is 19.1 Å². The number of aliphatic carboxylic acids is 1. The number of hydrogen-bond acceptors (Lipinski definition) is 3. The van der Waals surface area contributed by atoms with E-state index in [9.17, 15) is 9.90 Å². The summed E-state index contributed by atoms with van der Waals surface area (Å²) in [5.41, 5.74) is 0.552. The predicted octanol–water partition coefficient (Wildman–Crippen LogP) is 2.09. The molecule has 1 aromatic heterocycles. The van der Waals surface area contributed by atoms with Crippen LogP contribution in [0.1, 0.15) is 11.3 Å². The largest absolute Gasteiger partial charge is 0.480 e. The lowest BCUT2D eigenvalue weighted by Crippen LogP contribution is -2.53. The third kappa shape index (κ3) is 1.24. The van der Waals surface area contributed by atoms with Gasteiger partial charge in [0.25, 0.3) is 0 Å². The number of hydrogen-bond donors (Lipinski definition) is 1. The van der Waals surface area contributed by atoms with Gasteiger partial charge in [-0.2, -0.15) is 0 Å². The normalized spacial score (nSPS) is 17.9. The smallest absolute Gasteiger partial charge is 0.319 e. The summed E-state index contributed by atoms with van der Waals surface area (Å²) in [6.07, 6.45) is 0. The summed E-state index contributed by atoms with van der Waals surface area (Å²) in [6, 6.07) is 7.50. The fourth-order valence-electron chi connectivity index (χ4n) is 2.44. The summed E-state index contributed by atoms with van der Waals surface area (Å²) in [4.78, 5) is 11.5. The average Bonchev–Trinajstić information content (AvgIpc) is 2.54. The second kappa shape index (κ2) is 3.34. The Bertz CT molecular complexity index is 592. The minimum Gasteiger partial charge on any atom is -0.480 e. The molecule has 0 spiro atoms. The molecule has 4 nitrogen and oxygen atoms in total. The van der Waals surface area contributed by atoms with Crippen LogP contribution in [0, 0.1) is 6.92 Å². The molecule has 1 aliphatic rings. The molecular weight excluding hydrogens is 220 g/mol. The maximum atomic E-state index is 11.5. The molecule has 88 valence electrons. The summed E-state index contributed by atoms with van der Waals surface area (Å²) in [5, 5.41) is 10.3. The second-order valence-corrected chi connectivity index (χ2v) is 4.41. The number of carbonyl (C=O) groups is 1. The molecule has 17 heavy (non-hydrogen) atoms. The lowest BCUT2D eigenvalue weighted by atomic mass is 9.77. The first-order valence-electron chi connectivity index (χ1n) is 5.45. The zero-order valence-corrected chi connectivity index (χ0v) is 9.40. The van der Waals surface area contributed by atoms with Gasteiger partial charge in [0.1, 0.15) is 16.8 Å². The Kier molecular flexibility index (Phi) is 2.03. The van der Waals surface area contributed by atoms with Gasteiger partial charge in [0, 0.05) is 10.9 Å². The molecule has 0 aliphatic carbocycles. The van der Waals surface area contributed by atoms with E-state index < -0.39 is 11.4 Å². The van der Waals surface area contributed by atoms with Gasteiger partial charge in [-0.3, -0.25) is 4.79 Å². The quantitative estimate of drug-likeness (QED) is 0.861. The summed E-state index contributed by atoms with van der Waals surface area (Å²) < 4.78 is 10.7. The average molecular weight is 232 g/mol. The second-order valence-electron chi connectivity index (χ2n) is 4.41. The Hall–Kier alpha value is -1.81. The van der Waals surface area contributed by atoms with Gasteiger partial charge in [0.15, 0.2) is 0 Å². The molecule has 3 rings (SSSR count). The number of carboxylic acids is 1. The third-order valence-electron chi connectivity index (χ3n) is 3.36. The Balaban J connectivity index is 2.29. The highest BCUT2D eigenvalue weighted by molar-refractivity contribution is 5.93. The standard InChI is InChI=1S/C13H12O4/c1-8-11(13(12(14)15)6-16-7-13)9-4-2-3-5-10(9)17-8/h2-5H,6-7H2,1H3,(H,14,15). The molecule has 4 heteroatoms. The first-order valence-corrected chi connectivity index (χ1v) is 5.45. The van der Waals surface area contributed by atoms with Gasteiger partial charge in [-0.15, -0.1) is 0 Å². The van der Waals surface area contributed by atoms with Crippen molar-refractivity contribution in [2.45, 2.75) is 12.3 Å². The van der Waals surface area contributed by atoms with Crippen molar-refractivity contribution in [3.8, 4) is 0 Å². The third-order valence-corrected chi connectivity index (χ3v) is 3.36. The molecular formula is C13H12O4. The van der Waals surface area contributed by atoms with E-state index in [0.29, 0.717) is 5.76 Å². The molecule has 1 saturated heterocycles. The summed E-state index contributed by atoms with van der Waals surface area (Å²) in [6.45, 7) is 2.23. The molecule has 0 unspecified atom stereocenters. The van der Waals surface area contributed by atoms with Gasteiger partial charge in [0.2, 0.25) is 0 Å². The van der Waals surface area contributed by atoms with Crippen LogP contribution in [0.5, 0.6) is 0 Å². The van der Waals surface area contributed by atoms with Crippen LogP contribution in [0.15, 0.2) is 28.7 Å². The topological polar surface area (TPSA) is 59.7 Å². The first kappa shape index (κ1) is 10.4. The number of benzene rings is 1. The number of carboxylic acid groups (broad SMARTS) is 1. The molecule has 1 fully saturated rings. The molecule has 0 amide bonds. The van der Waals surface area contributed by atoms with Gasteiger partial charge >= 0.3 is 5.97 Å². The number of rotatable bonds is 2. The minimum atomic E-state index is -0.934. The summed E-state index contributed by atoms with van der Waals surface area (Å²) >= 11 is 0. The van der Waals surface area contributed by atoms with E-state index in [0.717, 1.165) is 16.5 Å². The van der Waals surface area contributed by atoms with Crippen molar-refractivity contribution in [3.05, 3.63) is 35.6 Å². The van der Waals surface area contributed by atoms with Crippen molar-refractivity contribution in [1.29, 1.82) is 0 Å². The summed E-state index contributed by atoms with van der Waals surface area (Å²) in [7, 11) is 0. The van der Waals surface area contributed by atoms with Gasteiger partial charge in [-0.25, -0.2) is 0 Å². The van der Waals surface area contributed by atoms with Crippen molar-refractivity contribution >= 4 is 16.9 Å². The Morgan fingerprint density at radius 1 is 1.35 bits per heavy atom. The zero-order chi connectivity index (χ0) is 12.0. The SMILES string of the molecule is Cc1oc2ccccc2c1C1(C(=O)O)COC1. The number of ether oxygens (including phenoxy) is 1. The fraction of sp³-hybridized carbons (Fsp3) is 0.308. The van der Waals surface area contributed by atoms with Gasteiger partial charge in [0.05, 0.1) is 13.2 Å². The van der Waals surface area contributed by atoms with Gasteiger partial charge in [-0.05, 0) is 13.0 Å². The van der Waals surface area contributed by atoms with E-state index in [1.807, 2.05) is 24.3 Å². The van der Waals surface area contributed by atoms with Crippen molar-refractivity contribution in [3.63, 3.8) is 0 Å². The van der Waals surface area contributed by atoms with Crippen LogP contribution in [0.25, 0.3) is 11.0 Å². The van der Waals surface area contributed by atoms with E-state index in [1.54, 1.807) is 6.92 Å². The monoisotopic (exact) mass is 232 g/mol. The van der Waals surface area contributed by atoms with E-state index in [-0.39, 0.29) is 13.2 Å². The maximum Gasteiger partial charge on any atom is 0.319 e. The number of fused-ring (bicyclic) bond motifs is 1. The first-order chi connectivity index (χ1) is 8.15. The molecule has 0 saturated carbocycles. The molecule has 0 atom stereocenters. The van der Waals surface area contributed by atoms with Crippen LogP contribution in [0.3, 0.4) is 0 Å². The van der Waals surface area contributed by atoms with Crippen LogP contribution in [0.4, 0.5) is 0 Å². The molecule has 2 heterocycles. The van der Waals surface area contributed by atoms with E-state index in [4.69, 9.17) is 9.15 Å². The lowest BCUT2D eigenvalue weighted by Gasteiger charge is -2.37. The lowest BCUT2D eigenvalue weighted by molar-refractivity contribution is -0.163. The maximum absolute atomic E-state index is 11.5. The molecule has 0 radical (unpaired) electrons. The predicted molar refractivity (Wildman–Crippen MR) is 61.1 cm³/mol. The van der Waals surface area contributed by atoms with Crippen molar-refractivity contribution in [2.75, 3.05) is 13.2 Å². The van der Waals surface area contributed by atoms with Gasteiger partial charge < -0.3 is 14.3 Å². The van der Waals surface area contributed by atoms with Crippen molar-refractivity contribution in [1.82, 2.24) is 0 Å². The highest BCUT2D eigenvalue weighted by Gasteiger charge is 2.50.